The van der Waals surface area contributed by atoms with Gasteiger partial charge in [-0.25, -0.2) is 4.98 Å². The zero-order valence-electron chi connectivity index (χ0n) is 14.1. The maximum absolute atomic E-state index is 12.3. The van der Waals surface area contributed by atoms with Gasteiger partial charge in [0.1, 0.15) is 0 Å². The number of anilines is 1. The number of aromatic nitrogens is 1. The fourth-order valence-corrected chi connectivity index (χ4v) is 2.67. The highest BCUT2D eigenvalue weighted by Crippen LogP contribution is 2.26. The second-order valence-corrected chi connectivity index (χ2v) is 6.75. The number of amides is 1. The van der Waals surface area contributed by atoms with Crippen LogP contribution in [0, 0.1) is 5.41 Å². The Labute approximate surface area is 133 Å². The van der Waals surface area contributed by atoms with Crippen LogP contribution in [0.3, 0.4) is 0 Å². The summed E-state index contributed by atoms with van der Waals surface area (Å²) in [5.74, 6) is 0.889. The Balaban J connectivity index is 1.92. The van der Waals surface area contributed by atoms with Crippen molar-refractivity contribution < 1.29 is 9.53 Å². The third-order valence-corrected chi connectivity index (χ3v) is 3.84. The summed E-state index contributed by atoms with van der Waals surface area (Å²) in [7, 11) is 0. The van der Waals surface area contributed by atoms with Crippen LogP contribution >= 0.6 is 0 Å². The lowest BCUT2D eigenvalue weighted by Gasteiger charge is -2.36. The topological polar surface area (TPSA) is 54.5 Å². The Morgan fingerprint density at radius 2 is 2.09 bits per heavy atom. The van der Waals surface area contributed by atoms with Crippen molar-refractivity contribution in [1.82, 2.24) is 9.88 Å². The van der Waals surface area contributed by atoms with E-state index in [2.05, 4.69) is 10.3 Å². The van der Waals surface area contributed by atoms with Gasteiger partial charge in [-0.15, -0.1) is 0 Å². The Kier molecular flexibility index (Phi) is 5.27. The van der Waals surface area contributed by atoms with Crippen LogP contribution in [-0.4, -0.2) is 41.5 Å². The van der Waals surface area contributed by atoms with Gasteiger partial charge in [0.05, 0.1) is 12.3 Å². The van der Waals surface area contributed by atoms with E-state index in [0.29, 0.717) is 18.5 Å². The molecule has 1 aromatic heterocycles. The molecule has 0 unspecified atom stereocenters. The smallest absolute Gasteiger partial charge is 0.237 e. The molecule has 1 aliphatic heterocycles. The Morgan fingerprint density at radius 1 is 1.41 bits per heavy atom. The molecule has 122 valence electrons. The van der Waals surface area contributed by atoms with E-state index < -0.39 is 0 Å². The van der Waals surface area contributed by atoms with E-state index in [-0.39, 0.29) is 11.3 Å². The number of carbonyl (C=O) groups is 1. The van der Waals surface area contributed by atoms with Crippen molar-refractivity contribution in [2.24, 2.45) is 5.41 Å². The normalized spacial score (nSPS) is 16.5. The predicted molar refractivity (Wildman–Crippen MR) is 88.1 cm³/mol. The molecular formula is C17H27N3O2. The molecular weight excluding hydrogens is 278 g/mol. The van der Waals surface area contributed by atoms with Crippen LogP contribution in [0.2, 0.25) is 0 Å². The van der Waals surface area contributed by atoms with E-state index >= 15 is 0 Å². The number of hydrogen-bond donors (Lipinski definition) is 1. The van der Waals surface area contributed by atoms with Gasteiger partial charge in [0.2, 0.25) is 11.8 Å². The van der Waals surface area contributed by atoms with Gasteiger partial charge in [0, 0.05) is 30.7 Å². The fraction of sp³-hybridized carbons (Fsp3) is 0.647. The summed E-state index contributed by atoms with van der Waals surface area (Å²) in [6.07, 6.45) is 3.63. The summed E-state index contributed by atoms with van der Waals surface area (Å²) >= 11 is 0. The quantitative estimate of drug-likeness (QED) is 0.929. The van der Waals surface area contributed by atoms with Crippen LogP contribution in [0.25, 0.3) is 0 Å². The first-order valence-corrected chi connectivity index (χ1v) is 8.05. The Hall–Kier alpha value is -1.78. The molecule has 1 N–H and O–H groups in total. The molecule has 1 aliphatic rings. The molecule has 2 heterocycles. The van der Waals surface area contributed by atoms with E-state index in [9.17, 15) is 4.79 Å². The lowest BCUT2D eigenvalue weighted by atomic mass is 9.93. The van der Waals surface area contributed by atoms with Gasteiger partial charge in [0.15, 0.2) is 0 Å². The van der Waals surface area contributed by atoms with Crippen molar-refractivity contribution in [3.8, 4) is 5.88 Å². The van der Waals surface area contributed by atoms with E-state index in [1.165, 1.54) is 0 Å². The van der Waals surface area contributed by atoms with Crippen LogP contribution in [0.1, 0.15) is 40.5 Å². The summed E-state index contributed by atoms with van der Waals surface area (Å²) in [4.78, 5) is 18.5. The standard InChI is InChI=1S/C17H27N3O2/c1-5-22-15-14(7-6-10-18-15)19-13-8-11-20(12-9-13)16(21)17(2,3)4/h6-7,10,13,19H,5,8-9,11-12H2,1-4H3. The monoisotopic (exact) mass is 305 g/mol. The first kappa shape index (κ1) is 16.6. The highest BCUT2D eigenvalue weighted by Gasteiger charge is 2.30. The molecule has 1 fully saturated rings. The molecule has 2 rings (SSSR count). The number of nitrogens with one attached hydrogen (secondary N) is 1. The van der Waals surface area contributed by atoms with Crippen molar-refractivity contribution >= 4 is 11.6 Å². The number of hydrogen-bond acceptors (Lipinski definition) is 4. The van der Waals surface area contributed by atoms with Crippen LogP contribution in [0.15, 0.2) is 18.3 Å². The third kappa shape index (κ3) is 4.12. The summed E-state index contributed by atoms with van der Waals surface area (Å²) < 4.78 is 5.54. The van der Waals surface area contributed by atoms with E-state index in [1.54, 1.807) is 6.20 Å². The fourth-order valence-electron chi connectivity index (χ4n) is 2.67. The first-order chi connectivity index (χ1) is 10.4. The zero-order valence-corrected chi connectivity index (χ0v) is 14.1. The van der Waals surface area contributed by atoms with Gasteiger partial charge in [-0.1, -0.05) is 20.8 Å². The van der Waals surface area contributed by atoms with Crippen molar-refractivity contribution in [3.63, 3.8) is 0 Å². The highest BCUT2D eigenvalue weighted by molar-refractivity contribution is 5.81. The van der Waals surface area contributed by atoms with Crippen LogP contribution in [0.5, 0.6) is 5.88 Å². The lowest BCUT2D eigenvalue weighted by molar-refractivity contribution is -0.140. The van der Waals surface area contributed by atoms with Crippen molar-refractivity contribution in [1.29, 1.82) is 0 Å². The molecule has 5 heteroatoms. The maximum Gasteiger partial charge on any atom is 0.237 e. The number of likely N-dealkylation sites (tertiary alicyclic amines) is 1. The van der Waals surface area contributed by atoms with Gasteiger partial charge in [-0.2, -0.15) is 0 Å². The zero-order chi connectivity index (χ0) is 16.2. The number of carbonyl (C=O) groups excluding carboxylic acids is 1. The average molecular weight is 305 g/mol. The summed E-state index contributed by atoms with van der Waals surface area (Å²) in [5.41, 5.74) is 0.635. The molecule has 1 saturated heterocycles. The van der Waals surface area contributed by atoms with Gasteiger partial charge in [-0.3, -0.25) is 4.79 Å². The maximum atomic E-state index is 12.3. The van der Waals surface area contributed by atoms with Crippen molar-refractivity contribution in [2.75, 3.05) is 25.0 Å². The van der Waals surface area contributed by atoms with E-state index in [1.807, 2.05) is 44.7 Å². The van der Waals surface area contributed by atoms with E-state index in [4.69, 9.17) is 4.74 Å². The molecule has 1 aromatic rings. The molecule has 0 aliphatic carbocycles. The number of pyridine rings is 1. The van der Waals surface area contributed by atoms with Gasteiger partial charge in [-0.05, 0) is 31.9 Å². The van der Waals surface area contributed by atoms with Gasteiger partial charge >= 0.3 is 0 Å². The molecule has 0 bridgehead atoms. The predicted octanol–water partition coefficient (Wildman–Crippen LogP) is 2.93. The second-order valence-electron chi connectivity index (χ2n) is 6.75. The third-order valence-electron chi connectivity index (χ3n) is 3.84. The molecule has 0 spiro atoms. The second kappa shape index (κ2) is 6.99. The van der Waals surface area contributed by atoms with Crippen molar-refractivity contribution in [3.05, 3.63) is 18.3 Å². The van der Waals surface area contributed by atoms with Crippen LogP contribution < -0.4 is 10.1 Å². The molecule has 0 saturated carbocycles. The number of rotatable bonds is 4. The molecule has 0 atom stereocenters. The van der Waals surface area contributed by atoms with Gasteiger partial charge in [0.25, 0.3) is 0 Å². The Bertz CT molecular complexity index is 503. The van der Waals surface area contributed by atoms with E-state index in [0.717, 1.165) is 31.6 Å². The highest BCUT2D eigenvalue weighted by atomic mass is 16.5. The minimum atomic E-state index is -0.300. The summed E-state index contributed by atoms with van der Waals surface area (Å²) in [6, 6.07) is 4.25. The van der Waals surface area contributed by atoms with Gasteiger partial charge < -0.3 is 15.0 Å². The minimum Gasteiger partial charge on any atom is -0.476 e. The SMILES string of the molecule is CCOc1ncccc1NC1CCN(C(=O)C(C)(C)C)CC1. The lowest BCUT2D eigenvalue weighted by Crippen LogP contribution is -2.46. The van der Waals surface area contributed by atoms with Crippen molar-refractivity contribution in [2.45, 2.75) is 46.6 Å². The average Bonchev–Trinajstić information content (AvgIpc) is 2.49. The Morgan fingerprint density at radius 3 is 2.68 bits per heavy atom. The van der Waals surface area contributed by atoms with Crippen LogP contribution in [0.4, 0.5) is 5.69 Å². The number of piperidine rings is 1. The minimum absolute atomic E-state index is 0.238. The number of nitrogens with zero attached hydrogens (tertiary/aromatic N) is 2. The molecule has 5 nitrogen and oxygen atoms in total. The molecule has 1 amide bonds. The molecule has 0 aromatic carbocycles. The van der Waals surface area contributed by atoms with Crippen LogP contribution in [-0.2, 0) is 4.79 Å². The molecule has 22 heavy (non-hydrogen) atoms. The summed E-state index contributed by atoms with van der Waals surface area (Å²) in [6.45, 7) is 10.1. The number of ether oxygens (including phenoxy) is 1. The molecule has 0 radical (unpaired) electrons. The first-order valence-electron chi connectivity index (χ1n) is 8.05. The summed E-state index contributed by atoms with van der Waals surface area (Å²) in [5, 5.41) is 3.51. The largest absolute Gasteiger partial charge is 0.476 e.